The van der Waals surface area contributed by atoms with Crippen molar-refractivity contribution in [3.63, 3.8) is 0 Å². The lowest BCUT2D eigenvalue weighted by Crippen LogP contribution is -2.15. The first-order chi connectivity index (χ1) is 11.7. The van der Waals surface area contributed by atoms with Gasteiger partial charge in [-0.15, -0.1) is 5.10 Å². The monoisotopic (exact) mass is 361 g/mol. The first-order valence-corrected chi connectivity index (χ1v) is 8.77. The van der Waals surface area contributed by atoms with E-state index in [1.54, 1.807) is 10.9 Å². The molecule has 4 aromatic heterocycles. The van der Waals surface area contributed by atoms with Gasteiger partial charge in [-0.05, 0) is 29.5 Å². The fraction of sp³-hybridized carbons (Fsp3) is 0.231. The molecule has 0 N–H and O–H groups in total. The highest BCUT2D eigenvalue weighted by Gasteiger charge is 2.11. The maximum absolute atomic E-state index is 12.1. The van der Waals surface area contributed by atoms with E-state index in [9.17, 15) is 4.79 Å². The lowest BCUT2D eigenvalue weighted by atomic mass is 10.4. The van der Waals surface area contributed by atoms with Crippen molar-refractivity contribution in [3.05, 3.63) is 51.3 Å². The summed E-state index contributed by atoms with van der Waals surface area (Å²) in [6, 6.07) is 5.16. The maximum atomic E-state index is 12.1. The number of rotatable bonds is 5. The first-order valence-electron chi connectivity index (χ1n) is 6.97. The Morgan fingerprint density at radius 3 is 3.17 bits per heavy atom. The molecule has 122 valence electrons. The average Bonchev–Trinajstić information content (AvgIpc) is 3.27. The summed E-state index contributed by atoms with van der Waals surface area (Å²) >= 11 is 2.79. The number of furan rings is 1. The van der Waals surface area contributed by atoms with Crippen LogP contribution in [0.15, 0.2) is 38.8 Å². The maximum Gasteiger partial charge on any atom is 0.275 e. The van der Waals surface area contributed by atoms with Crippen LogP contribution < -0.4 is 5.56 Å². The second-order valence-corrected chi connectivity index (χ2v) is 6.99. The minimum absolute atomic E-state index is 0.185. The molecule has 0 fully saturated rings. The summed E-state index contributed by atoms with van der Waals surface area (Å²) in [6.07, 6.45) is 1.61. The van der Waals surface area contributed by atoms with Crippen LogP contribution in [-0.2, 0) is 12.3 Å². The van der Waals surface area contributed by atoms with Gasteiger partial charge in [-0.2, -0.15) is 9.61 Å². The molecule has 0 spiro atoms. The fourth-order valence-corrected chi connectivity index (χ4v) is 3.65. The number of thioether (sulfide) groups is 1. The van der Waals surface area contributed by atoms with E-state index in [1.165, 1.54) is 33.7 Å². The average molecular weight is 361 g/mol. The second-order valence-electron chi connectivity index (χ2n) is 4.89. The number of aromatic nitrogens is 7. The number of fused-ring (bicyclic) bond motifs is 1. The van der Waals surface area contributed by atoms with Crippen LogP contribution in [-0.4, -0.2) is 34.8 Å². The zero-order valence-corrected chi connectivity index (χ0v) is 14.1. The van der Waals surface area contributed by atoms with Crippen molar-refractivity contribution in [1.29, 1.82) is 0 Å². The molecule has 4 rings (SSSR count). The standard InChI is InChI=1S/C13H11N7O2S2/c1-8-16-20-11(21)5-9(14-12(20)24-8)7-23-13-15-17-18-19(13)6-10-3-2-4-22-10/h2-5H,6-7H2,1H3. The third-order valence-electron chi connectivity index (χ3n) is 3.13. The summed E-state index contributed by atoms with van der Waals surface area (Å²) in [6.45, 7) is 2.29. The van der Waals surface area contributed by atoms with Gasteiger partial charge in [0.15, 0.2) is 0 Å². The molecule has 0 aromatic carbocycles. The highest BCUT2D eigenvalue weighted by Crippen LogP contribution is 2.20. The van der Waals surface area contributed by atoms with Crippen LogP contribution in [0.25, 0.3) is 4.96 Å². The second kappa shape index (κ2) is 6.17. The van der Waals surface area contributed by atoms with Crippen LogP contribution in [0.5, 0.6) is 0 Å². The molecule has 0 atom stereocenters. The molecule has 0 bridgehead atoms. The zero-order chi connectivity index (χ0) is 16.5. The lowest BCUT2D eigenvalue weighted by molar-refractivity contribution is 0.462. The van der Waals surface area contributed by atoms with Crippen LogP contribution in [0.4, 0.5) is 0 Å². The number of nitrogens with zero attached hydrogens (tertiary/aromatic N) is 7. The quantitative estimate of drug-likeness (QED) is 0.491. The third-order valence-corrected chi connectivity index (χ3v) is 4.95. The van der Waals surface area contributed by atoms with Crippen LogP contribution in [0, 0.1) is 6.92 Å². The van der Waals surface area contributed by atoms with Gasteiger partial charge in [0.2, 0.25) is 10.1 Å². The van der Waals surface area contributed by atoms with Crippen molar-refractivity contribution in [2.45, 2.75) is 24.4 Å². The first kappa shape index (κ1) is 15.0. The van der Waals surface area contributed by atoms with Crippen molar-refractivity contribution in [1.82, 2.24) is 34.8 Å². The molecule has 11 heteroatoms. The lowest BCUT2D eigenvalue weighted by Gasteiger charge is -2.02. The van der Waals surface area contributed by atoms with Crippen molar-refractivity contribution < 1.29 is 4.42 Å². The van der Waals surface area contributed by atoms with Crippen LogP contribution >= 0.6 is 23.1 Å². The Morgan fingerprint density at radius 1 is 1.42 bits per heavy atom. The van der Waals surface area contributed by atoms with Crippen LogP contribution in [0.2, 0.25) is 0 Å². The van der Waals surface area contributed by atoms with Crippen molar-refractivity contribution in [3.8, 4) is 0 Å². The minimum atomic E-state index is -0.185. The van der Waals surface area contributed by atoms with Crippen LogP contribution in [0.1, 0.15) is 16.5 Å². The van der Waals surface area contributed by atoms with E-state index >= 15 is 0 Å². The Labute approximate surface area is 143 Å². The molecule has 0 saturated heterocycles. The zero-order valence-electron chi connectivity index (χ0n) is 12.5. The van der Waals surface area contributed by atoms with Gasteiger partial charge in [-0.3, -0.25) is 4.79 Å². The summed E-state index contributed by atoms with van der Waals surface area (Å²) in [5.41, 5.74) is 0.483. The molecular formula is C13H11N7O2S2. The van der Waals surface area contributed by atoms with Gasteiger partial charge in [0.1, 0.15) is 17.3 Å². The van der Waals surface area contributed by atoms with E-state index in [-0.39, 0.29) is 5.56 Å². The smallest absolute Gasteiger partial charge is 0.275 e. The molecule has 0 unspecified atom stereocenters. The highest BCUT2D eigenvalue weighted by molar-refractivity contribution is 7.98. The molecule has 4 aromatic rings. The predicted molar refractivity (Wildman–Crippen MR) is 87.1 cm³/mol. The number of hydrogen-bond acceptors (Lipinski definition) is 9. The minimum Gasteiger partial charge on any atom is -0.467 e. The summed E-state index contributed by atoms with van der Waals surface area (Å²) < 4.78 is 8.26. The molecule has 24 heavy (non-hydrogen) atoms. The van der Waals surface area contributed by atoms with E-state index in [4.69, 9.17) is 4.42 Å². The van der Waals surface area contributed by atoms with Gasteiger partial charge in [0, 0.05) is 11.8 Å². The van der Waals surface area contributed by atoms with Gasteiger partial charge >= 0.3 is 0 Å². The van der Waals surface area contributed by atoms with Crippen molar-refractivity contribution in [2.75, 3.05) is 0 Å². The van der Waals surface area contributed by atoms with Gasteiger partial charge < -0.3 is 4.42 Å². The van der Waals surface area contributed by atoms with E-state index in [1.807, 2.05) is 19.1 Å². The van der Waals surface area contributed by atoms with E-state index in [0.29, 0.717) is 28.1 Å². The number of tetrazole rings is 1. The Balaban J connectivity index is 1.53. The van der Waals surface area contributed by atoms with Gasteiger partial charge in [-0.1, -0.05) is 23.1 Å². The Kier molecular flexibility index (Phi) is 3.86. The molecule has 4 heterocycles. The van der Waals surface area contributed by atoms with Gasteiger partial charge in [-0.25, -0.2) is 9.67 Å². The predicted octanol–water partition coefficient (Wildman–Crippen LogP) is 1.38. The number of aryl methyl sites for hydroxylation is 1. The summed E-state index contributed by atoms with van der Waals surface area (Å²) in [5, 5.41) is 17.2. The van der Waals surface area contributed by atoms with E-state index < -0.39 is 0 Å². The van der Waals surface area contributed by atoms with Crippen LogP contribution in [0.3, 0.4) is 0 Å². The van der Waals surface area contributed by atoms with E-state index in [2.05, 4.69) is 25.6 Å². The Bertz CT molecular complexity index is 1030. The normalized spacial score (nSPS) is 11.4. The molecule has 0 saturated carbocycles. The molecular weight excluding hydrogens is 350 g/mol. The Hall–Kier alpha value is -2.53. The summed E-state index contributed by atoms with van der Waals surface area (Å²) in [4.78, 5) is 17.1. The van der Waals surface area contributed by atoms with Crippen molar-refractivity contribution >= 4 is 28.1 Å². The van der Waals surface area contributed by atoms with Gasteiger partial charge in [0.05, 0.1) is 12.0 Å². The summed E-state index contributed by atoms with van der Waals surface area (Å²) in [7, 11) is 0. The topological polar surface area (TPSA) is 104 Å². The largest absolute Gasteiger partial charge is 0.467 e. The molecule has 0 radical (unpaired) electrons. The molecule has 0 aliphatic heterocycles. The fourth-order valence-electron chi connectivity index (χ4n) is 2.11. The van der Waals surface area contributed by atoms with Crippen molar-refractivity contribution in [2.24, 2.45) is 0 Å². The van der Waals surface area contributed by atoms with Gasteiger partial charge in [0.25, 0.3) is 5.56 Å². The SMILES string of the molecule is Cc1nn2c(=O)cc(CSc3nnnn3Cc3ccco3)nc2s1. The molecule has 9 nitrogen and oxygen atoms in total. The highest BCUT2D eigenvalue weighted by atomic mass is 32.2. The Morgan fingerprint density at radius 2 is 2.33 bits per heavy atom. The summed E-state index contributed by atoms with van der Waals surface area (Å²) in [5.74, 6) is 1.25. The number of hydrogen-bond donors (Lipinski definition) is 0. The van der Waals surface area contributed by atoms with E-state index in [0.717, 1.165) is 10.8 Å². The molecule has 0 aliphatic carbocycles. The third kappa shape index (κ3) is 2.95. The molecule has 0 aliphatic rings. The molecule has 0 amide bonds.